The molecule has 1 saturated heterocycles. The fourth-order valence-electron chi connectivity index (χ4n) is 3.10. The number of carbonyl (C=O) groups excluding carboxylic acids is 3. The normalized spacial score (nSPS) is 19.3. The molecule has 0 spiro atoms. The Hall–Kier alpha value is -2.87. The SMILES string of the molecule is CCc1ccc([C@H](COc2ccc(CC3(C)SC(=O)NC3=O)cc2)OC(C)=O)nc1. The highest BCUT2D eigenvalue weighted by Gasteiger charge is 2.43. The molecule has 1 N–H and O–H groups in total. The van der Waals surface area contributed by atoms with E-state index in [1.165, 1.54) is 6.92 Å². The van der Waals surface area contributed by atoms with Gasteiger partial charge in [-0.25, -0.2) is 0 Å². The molecular weight excluding hydrogens is 404 g/mol. The van der Waals surface area contributed by atoms with E-state index in [1.807, 2.05) is 31.2 Å². The number of nitrogens with zero attached hydrogens (tertiary/aromatic N) is 1. The average molecular weight is 429 g/mol. The second-order valence-corrected chi connectivity index (χ2v) is 8.73. The van der Waals surface area contributed by atoms with Gasteiger partial charge in [0.15, 0.2) is 6.10 Å². The lowest BCUT2D eigenvalue weighted by Crippen LogP contribution is -2.35. The number of thioether (sulfide) groups is 1. The van der Waals surface area contributed by atoms with Crippen molar-refractivity contribution in [3.8, 4) is 5.75 Å². The Bertz CT molecular complexity index is 930. The number of benzene rings is 1. The molecule has 1 aromatic heterocycles. The minimum atomic E-state index is -0.809. The Morgan fingerprint density at radius 2 is 1.87 bits per heavy atom. The molecule has 0 saturated carbocycles. The Labute approximate surface area is 179 Å². The highest BCUT2D eigenvalue weighted by atomic mass is 32.2. The maximum absolute atomic E-state index is 12.0. The van der Waals surface area contributed by atoms with Crippen molar-refractivity contribution >= 4 is 28.9 Å². The molecule has 2 amide bonds. The van der Waals surface area contributed by atoms with E-state index < -0.39 is 16.8 Å². The van der Waals surface area contributed by atoms with E-state index in [0.717, 1.165) is 29.3 Å². The zero-order valence-electron chi connectivity index (χ0n) is 17.1. The van der Waals surface area contributed by atoms with E-state index in [9.17, 15) is 14.4 Å². The van der Waals surface area contributed by atoms with Gasteiger partial charge in [0.1, 0.15) is 17.1 Å². The molecule has 1 aliphatic rings. The fourth-order valence-corrected chi connectivity index (χ4v) is 4.03. The maximum Gasteiger partial charge on any atom is 0.303 e. The predicted molar refractivity (Wildman–Crippen MR) is 113 cm³/mol. The molecule has 7 nitrogen and oxygen atoms in total. The van der Waals surface area contributed by atoms with Crippen LogP contribution in [0.5, 0.6) is 5.75 Å². The standard InChI is InChI=1S/C22H24N2O5S/c1-4-15-7-10-18(23-12-15)19(29-14(2)25)13-28-17-8-5-16(6-9-17)11-22(3)20(26)24-21(27)30-22/h5-10,12,19H,4,11,13H2,1-3H3,(H,24,26,27)/t19-,22?/m0/s1. The van der Waals surface area contributed by atoms with Crippen LogP contribution in [0.2, 0.25) is 0 Å². The molecule has 0 aliphatic carbocycles. The molecule has 2 aromatic rings. The van der Waals surface area contributed by atoms with E-state index >= 15 is 0 Å². The van der Waals surface area contributed by atoms with Gasteiger partial charge in [-0.05, 0) is 60.9 Å². The first-order valence-electron chi connectivity index (χ1n) is 9.67. The van der Waals surface area contributed by atoms with Gasteiger partial charge in [0.2, 0.25) is 5.91 Å². The van der Waals surface area contributed by atoms with Crippen molar-refractivity contribution in [3.63, 3.8) is 0 Å². The van der Waals surface area contributed by atoms with Crippen LogP contribution in [0.3, 0.4) is 0 Å². The number of carbonyl (C=O) groups is 3. The van der Waals surface area contributed by atoms with Crippen LogP contribution in [-0.2, 0) is 27.2 Å². The van der Waals surface area contributed by atoms with Crippen LogP contribution in [0.25, 0.3) is 0 Å². The second kappa shape index (κ2) is 9.30. The largest absolute Gasteiger partial charge is 0.489 e. The number of hydrogen-bond donors (Lipinski definition) is 1. The predicted octanol–water partition coefficient (Wildman–Crippen LogP) is 3.61. The number of amides is 2. The summed E-state index contributed by atoms with van der Waals surface area (Å²) in [6, 6.07) is 11.1. The van der Waals surface area contributed by atoms with Crippen molar-refractivity contribution in [3.05, 3.63) is 59.4 Å². The van der Waals surface area contributed by atoms with Crippen molar-refractivity contribution in [2.75, 3.05) is 6.61 Å². The zero-order valence-corrected chi connectivity index (χ0v) is 18.0. The maximum atomic E-state index is 12.0. The van der Waals surface area contributed by atoms with Gasteiger partial charge >= 0.3 is 5.97 Å². The van der Waals surface area contributed by atoms with Gasteiger partial charge in [0, 0.05) is 13.1 Å². The third-order valence-electron chi connectivity index (χ3n) is 4.77. The van der Waals surface area contributed by atoms with E-state index in [1.54, 1.807) is 25.3 Å². The van der Waals surface area contributed by atoms with Crippen molar-refractivity contribution in [1.29, 1.82) is 0 Å². The summed E-state index contributed by atoms with van der Waals surface area (Å²) in [5.41, 5.74) is 2.64. The van der Waals surface area contributed by atoms with Gasteiger partial charge in [-0.1, -0.05) is 25.1 Å². The monoisotopic (exact) mass is 428 g/mol. The van der Waals surface area contributed by atoms with Gasteiger partial charge in [-0.15, -0.1) is 0 Å². The lowest BCUT2D eigenvalue weighted by molar-refractivity contribution is -0.148. The van der Waals surface area contributed by atoms with Crippen molar-refractivity contribution in [2.45, 2.75) is 44.5 Å². The molecule has 2 atom stereocenters. The van der Waals surface area contributed by atoms with Gasteiger partial charge in [-0.2, -0.15) is 0 Å². The zero-order chi connectivity index (χ0) is 21.7. The topological polar surface area (TPSA) is 94.6 Å². The molecule has 1 fully saturated rings. The third-order valence-corrected chi connectivity index (χ3v) is 5.84. The van der Waals surface area contributed by atoms with Gasteiger partial charge in [0.25, 0.3) is 5.24 Å². The Morgan fingerprint density at radius 3 is 2.40 bits per heavy atom. The molecule has 158 valence electrons. The Balaban J connectivity index is 1.63. The van der Waals surface area contributed by atoms with Crippen LogP contribution in [-0.4, -0.2) is 33.5 Å². The Morgan fingerprint density at radius 1 is 1.17 bits per heavy atom. The minimum Gasteiger partial charge on any atom is -0.489 e. The third kappa shape index (κ3) is 5.38. The van der Waals surface area contributed by atoms with Crippen LogP contribution in [0.1, 0.15) is 43.7 Å². The Kier molecular flexibility index (Phi) is 6.77. The van der Waals surface area contributed by atoms with Crippen LogP contribution in [0, 0.1) is 0 Å². The van der Waals surface area contributed by atoms with Gasteiger partial charge < -0.3 is 9.47 Å². The summed E-state index contributed by atoms with van der Waals surface area (Å²) in [5.74, 6) is -0.0788. The molecular formula is C22H24N2O5S. The molecule has 0 bridgehead atoms. The van der Waals surface area contributed by atoms with Crippen LogP contribution >= 0.6 is 11.8 Å². The summed E-state index contributed by atoms with van der Waals surface area (Å²) in [6.07, 6.45) is 2.46. The fraction of sp³-hybridized carbons (Fsp3) is 0.364. The van der Waals surface area contributed by atoms with Crippen LogP contribution < -0.4 is 10.1 Å². The number of aromatic nitrogens is 1. The molecule has 3 rings (SSSR count). The summed E-state index contributed by atoms with van der Waals surface area (Å²) in [5, 5.41) is 2.00. The lowest BCUT2D eigenvalue weighted by Gasteiger charge is -2.19. The first-order valence-corrected chi connectivity index (χ1v) is 10.5. The average Bonchev–Trinajstić information content (AvgIpc) is 2.97. The highest BCUT2D eigenvalue weighted by Crippen LogP contribution is 2.35. The van der Waals surface area contributed by atoms with E-state index in [-0.39, 0.29) is 17.8 Å². The summed E-state index contributed by atoms with van der Waals surface area (Å²) in [6.45, 7) is 5.28. The van der Waals surface area contributed by atoms with E-state index in [2.05, 4.69) is 10.3 Å². The number of imide groups is 1. The number of pyridine rings is 1. The molecule has 30 heavy (non-hydrogen) atoms. The molecule has 1 aliphatic heterocycles. The number of rotatable bonds is 8. The summed E-state index contributed by atoms with van der Waals surface area (Å²) < 4.78 is 10.4. The smallest absolute Gasteiger partial charge is 0.303 e. The van der Waals surface area contributed by atoms with Crippen molar-refractivity contribution in [1.82, 2.24) is 10.3 Å². The molecule has 8 heteroatoms. The molecule has 1 unspecified atom stereocenters. The minimum absolute atomic E-state index is 0.127. The van der Waals surface area contributed by atoms with Crippen LogP contribution in [0.15, 0.2) is 42.6 Å². The molecule has 2 heterocycles. The number of ether oxygens (including phenoxy) is 2. The first kappa shape index (κ1) is 21.8. The lowest BCUT2D eigenvalue weighted by atomic mass is 9.99. The number of aryl methyl sites for hydroxylation is 1. The number of esters is 1. The summed E-state index contributed by atoms with van der Waals surface area (Å²) in [7, 11) is 0. The molecule has 0 radical (unpaired) electrons. The van der Waals surface area contributed by atoms with Crippen molar-refractivity contribution < 1.29 is 23.9 Å². The van der Waals surface area contributed by atoms with Crippen molar-refractivity contribution in [2.24, 2.45) is 0 Å². The van der Waals surface area contributed by atoms with Gasteiger partial charge in [0.05, 0.1) is 5.69 Å². The summed E-state index contributed by atoms with van der Waals surface area (Å²) >= 11 is 1.01. The number of hydrogen-bond acceptors (Lipinski definition) is 7. The van der Waals surface area contributed by atoms with Gasteiger partial charge in [-0.3, -0.25) is 24.7 Å². The highest BCUT2D eigenvalue weighted by molar-refractivity contribution is 8.16. The first-order chi connectivity index (χ1) is 14.3. The number of nitrogens with one attached hydrogen (secondary N) is 1. The summed E-state index contributed by atoms with van der Waals surface area (Å²) in [4.78, 5) is 39.3. The van der Waals surface area contributed by atoms with Crippen LogP contribution in [0.4, 0.5) is 4.79 Å². The quantitative estimate of drug-likeness (QED) is 0.642. The molecule has 1 aromatic carbocycles. The van der Waals surface area contributed by atoms with E-state index in [4.69, 9.17) is 9.47 Å². The second-order valence-electron chi connectivity index (χ2n) is 7.25. The van der Waals surface area contributed by atoms with E-state index in [0.29, 0.717) is 17.9 Å².